The zero-order valence-electron chi connectivity index (χ0n) is 6.96. The van der Waals surface area contributed by atoms with Crippen molar-refractivity contribution in [2.24, 2.45) is 0 Å². The molecule has 0 saturated heterocycles. The third-order valence-corrected chi connectivity index (χ3v) is 1.17. The van der Waals surface area contributed by atoms with Gasteiger partial charge in [0.2, 0.25) is 0 Å². The highest BCUT2D eigenvalue weighted by molar-refractivity contribution is 5.69. The molecule has 62 valence electrons. The zero-order valence-corrected chi connectivity index (χ0v) is 6.96. The SMILES string of the molecule is CCCC(=O)O[C@@H](C)CC#N. The summed E-state index contributed by atoms with van der Waals surface area (Å²) in [6.45, 7) is 3.63. The van der Waals surface area contributed by atoms with Crippen LogP contribution in [0.5, 0.6) is 0 Å². The van der Waals surface area contributed by atoms with Gasteiger partial charge in [-0.1, -0.05) is 6.92 Å². The second-order valence-corrected chi connectivity index (χ2v) is 2.41. The number of ether oxygens (including phenoxy) is 1. The molecule has 0 amide bonds. The van der Waals surface area contributed by atoms with Gasteiger partial charge in [0.15, 0.2) is 0 Å². The first kappa shape index (κ1) is 9.96. The van der Waals surface area contributed by atoms with Crippen molar-refractivity contribution >= 4 is 5.97 Å². The van der Waals surface area contributed by atoms with Crippen LogP contribution in [0.15, 0.2) is 0 Å². The molecule has 0 spiro atoms. The Morgan fingerprint density at radius 1 is 1.73 bits per heavy atom. The molecule has 3 nitrogen and oxygen atoms in total. The number of hydrogen-bond acceptors (Lipinski definition) is 3. The molecule has 0 saturated carbocycles. The molecular formula is C8H13NO2. The maximum atomic E-state index is 10.8. The predicted molar refractivity (Wildman–Crippen MR) is 40.7 cm³/mol. The summed E-state index contributed by atoms with van der Waals surface area (Å²) in [4.78, 5) is 10.8. The second-order valence-electron chi connectivity index (χ2n) is 2.41. The minimum atomic E-state index is -0.265. The molecule has 0 aromatic rings. The van der Waals surface area contributed by atoms with Crippen LogP contribution in [0.3, 0.4) is 0 Å². The fourth-order valence-electron chi connectivity index (χ4n) is 0.658. The highest BCUT2D eigenvalue weighted by Gasteiger charge is 2.06. The molecule has 0 aliphatic heterocycles. The molecule has 0 fully saturated rings. The van der Waals surface area contributed by atoms with Gasteiger partial charge in [0.1, 0.15) is 6.10 Å². The average Bonchev–Trinajstić information content (AvgIpc) is 1.87. The van der Waals surface area contributed by atoms with E-state index >= 15 is 0 Å². The van der Waals surface area contributed by atoms with Crippen molar-refractivity contribution in [3.05, 3.63) is 0 Å². The first-order chi connectivity index (χ1) is 5.20. The van der Waals surface area contributed by atoms with Crippen molar-refractivity contribution in [3.63, 3.8) is 0 Å². The van der Waals surface area contributed by atoms with Crippen molar-refractivity contribution in [1.82, 2.24) is 0 Å². The van der Waals surface area contributed by atoms with Crippen LogP contribution in [0, 0.1) is 11.3 Å². The molecule has 0 aliphatic rings. The van der Waals surface area contributed by atoms with E-state index in [1.165, 1.54) is 0 Å². The number of carbonyl (C=O) groups excluding carboxylic acids is 1. The standard InChI is InChI=1S/C8H13NO2/c1-3-4-8(10)11-7(2)5-6-9/h7H,3-5H2,1-2H3/t7-/m0/s1. The van der Waals surface area contributed by atoms with Crippen molar-refractivity contribution in [2.75, 3.05) is 0 Å². The monoisotopic (exact) mass is 155 g/mol. The van der Waals surface area contributed by atoms with E-state index in [1.807, 2.05) is 13.0 Å². The van der Waals surface area contributed by atoms with Crippen molar-refractivity contribution in [2.45, 2.75) is 39.2 Å². The summed E-state index contributed by atoms with van der Waals surface area (Å²) in [5, 5.41) is 8.24. The largest absolute Gasteiger partial charge is 0.462 e. The molecule has 3 heteroatoms. The summed E-state index contributed by atoms with van der Waals surface area (Å²) in [5.74, 6) is -0.213. The van der Waals surface area contributed by atoms with E-state index in [4.69, 9.17) is 10.00 Å². The Labute approximate surface area is 67.0 Å². The van der Waals surface area contributed by atoms with Gasteiger partial charge < -0.3 is 4.74 Å². The minimum absolute atomic E-state index is 0.213. The Morgan fingerprint density at radius 2 is 2.36 bits per heavy atom. The van der Waals surface area contributed by atoms with E-state index in [-0.39, 0.29) is 18.5 Å². The second kappa shape index (κ2) is 5.72. The van der Waals surface area contributed by atoms with E-state index in [1.54, 1.807) is 6.92 Å². The Balaban J connectivity index is 3.50. The van der Waals surface area contributed by atoms with E-state index in [2.05, 4.69) is 0 Å². The highest BCUT2D eigenvalue weighted by Crippen LogP contribution is 1.99. The van der Waals surface area contributed by atoms with E-state index in [9.17, 15) is 4.79 Å². The van der Waals surface area contributed by atoms with Gasteiger partial charge in [0.05, 0.1) is 12.5 Å². The first-order valence-electron chi connectivity index (χ1n) is 3.77. The van der Waals surface area contributed by atoms with Gasteiger partial charge in [0.25, 0.3) is 0 Å². The number of hydrogen-bond donors (Lipinski definition) is 0. The summed E-state index contributed by atoms with van der Waals surface area (Å²) >= 11 is 0. The first-order valence-corrected chi connectivity index (χ1v) is 3.77. The zero-order chi connectivity index (χ0) is 8.69. The molecule has 0 heterocycles. The maximum absolute atomic E-state index is 10.8. The molecule has 0 aromatic heterocycles. The Hall–Kier alpha value is -1.04. The number of nitrogens with zero attached hydrogens (tertiary/aromatic N) is 1. The Bertz CT molecular complexity index is 160. The summed E-state index contributed by atoms with van der Waals surface area (Å²) in [7, 11) is 0. The lowest BCUT2D eigenvalue weighted by Crippen LogP contribution is -2.13. The van der Waals surface area contributed by atoms with Gasteiger partial charge in [-0.25, -0.2) is 0 Å². The molecule has 1 atom stereocenters. The number of rotatable bonds is 4. The molecule has 0 N–H and O–H groups in total. The fourth-order valence-corrected chi connectivity index (χ4v) is 0.658. The molecule has 0 unspecified atom stereocenters. The molecular weight excluding hydrogens is 142 g/mol. The van der Waals surface area contributed by atoms with Crippen LogP contribution in [0.4, 0.5) is 0 Å². The van der Waals surface area contributed by atoms with Crippen molar-refractivity contribution in [3.8, 4) is 6.07 Å². The van der Waals surface area contributed by atoms with Crippen LogP contribution >= 0.6 is 0 Å². The quantitative estimate of drug-likeness (QED) is 0.580. The molecule has 0 bridgehead atoms. The normalized spacial score (nSPS) is 11.7. The smallest absolute Gasteiger partial charge is 0.306 e. The van der Waals surface area contributed by atoms with Crippen molar-refractivity contribution in [1.29, 1.82) is 5.26 Å². The number of nitriles is 1. The molecule has 0 aliphatic carbocycles. The molecule has 0 rings (SSSR count). The van der Waals surface area contributed by atoms with E-state index in [0.29, 0.717) is 6.42 Å². The third-order valence-electron chi connectivity index (χ3n) is 1.17. The Kier molecular flexibility index (Phi) is 5.18. The molecule has 0 radical (unpaired) electrons. The lowest BCUT2D eigenvalue weighted by atomic mass is 10.3. The predicted octanol–water partition coefficient (Wildman–Crippen LogP) is 1.63. The summed E-state index contributed by atoms with van der Waals surface area (Å²) in [6.07, 6.45) is 1.24. The highest BCUT2D eigenvalue weighted by atomic mass is 16.5. The minimum Gasteiger partial charge on any atom is -0.462 e. The van der Waals surface area contributed by atoms with Crippen molar-refractivity contribution < 1.29 is 9.53 Å². The van der Waals surface area contributed by atoms with Crippen LogP contribution in [-0.2, 0) is 9.53 Å². The van der Waals surface area contributed by atoms with Gasteiger partial charge in [-0.3, -0.25) is 4.79 Å². The van der Waals surface area contributed by atoms with Gasteiger partial charge in [0, 0.05) is 6.42 Å². The summed E-state index contributed by atoms with van der Waals surface area (Å²) < 4.78 is 4.87. The van der Waals surface area contributed by atoms with E-state index < -0.39 is 0 Å². The van der Waals surface area contributed by atoms with Crippen LogP contribution < -0.4 is 0 Å². The molecule has 0 aromatic carbocycles. The van der Waals surface area contributed by atoms with Gasteiger partial charge in [-0.15, -0.1) is 0 Å². The summed E-state index contributed by atoms with van der Waals surface area (Å²) in [5.41, 5.74) is 0. The van der Waals surface area contributed by atoms with Gasteiger partial charge >= 0.3 is 5.97 Å². The topological polar surface area (TPSA) is 50.1 Å². The fraction of sp³-hybridized carbons (Fsp3) is 0.750. The van der Waals surface area contributed by atoms with Gasteiger partial charge in [-0.2, -0.15) is 5.26 Å². The van der Waals surface area contributed by atoms with E-state index in [0.717, 1.165) is 6.42 Å². The van der Waals surface area contributed by atoms with Crippen LogP contribution in [0.1, 0.15) is 33.1 Å². The number of carbonyl (C=O) groups is 1. The lowest BCUT2D eigenvalue weighted by Gasteiger charge is -2.08. The lowest BCUT2D eigenvalue weighted by molar-refractivity contribution is -0.147. The summed E-state index contributed by atoms with van der Waals surface area (Å²) in [6, 6.07) is 1.94. The number of esters is 1. The van der Waals surface area contributed by atoms with Crippen LogP contribution in [0.25, 0.3) is 0 Å². The van der Waals surface area contributed by atoms with Crippen LogP contribution in [-0.4, -0.2) is 12.1 Å². The molecule has 11 heavy (non-hydrogen) atoms. The third kappa shape index (κ3) is 5.41. The average molecular weight is 155 g/mol. The van der Waals surface area contributed by atoms with Gasteiger partial charge in [-0.05, 0) is 13.3 Å². The Morgan fingerprint density at radius 3 is 2.82 bits per heavy atom. The maximum Gasteiger partial charge on any atom is 0.306 e. The van der Waals surface area contributed by atoms with Crippen LogP contribution in [0.2, 0.25) is 0 Å².